The van der Waals surface area contributed by atoms with E-state index in [1.165, 1.54) is 0 Å². The molecule has 2 aromatic rings. The van der Waals surface area contributed by atoms with Gasteiger partial charge in [-0.1, -0.05) is 32.0 Å². The lowest BCUT2D eigenvalue weighted by atomic mass is 9.96. The van der Waals surface area contributed by atoms with Crippen LogP contribution in [0.15, 0.2) is 33.5 Å². The van der Waals surface area contributed by atoms with Gasteiger partial charge in [0.1, 0.15) is 0 Å². The molecule has 4 nitrogen and oxygen atoms in total. The second-order valence-electron chi connectivity index (χ2n) is 4.14. The lowest BCUT2D eigenvalue weighted by Crippen LogP contribution is -2.12. The Bertz CT molecular complexity index is 637. The van der Waals surface area contributed by atoms with E-state index >= 15 is 0 Å². The van der Waals surface area contributed by atoms with Crippen LogP contribution in [0.25, 0.3) is 10.8 Å². The molecule has 0 radical (unpaired) electrons. The Morgan fingerprint density at radius 3 is 2.35 bits per heavy atom. The summed E-state index contributed by atoms with van der Waals surface area (Å²) in [4.78, 5) is 22.7. The van der Waals surface area contributed by atoms with Crippen LogP contribution in [0.4, 0.5) is 0 Å². The highest BCUT2D eigenvalue weighted by molar-refractivity contribution is 5.94. The second kappa shape index (κ2) is 4.05. The predicted molar refractivity (Wildman–Crippen MR) is 63.5 cm³/mol. The first-order valence-electron chi connectivity index (χ1n) is 5.31. The monoisotopic (exact) mass is 232 g/mol. The number of aromatic carboxylic acids is 1. The Morgan fingerprint density at radius 1 is 1.24 bits per heavy atom. The average molecular weight is 232 g/mol. The number of carboxylic acids is 1. The summed E-state index contributed by atoms with van der Waals surface area (Å²) in [6.07, 6.45) is 0. The molecule has 4 heteroatoms. The summed E-state index contributed by atoms with van der Waals surface area (Å²) in [6.45, 7) is 3.74. The molecule has 0 saturated heterocycles. The fourth-order valence-electron chi connectivity index (χ4n) is 1.95. The second-order valence-corrected chi connectivity index (χ2v) is 4.14. The SMILES string of the molecule is CC(C)c1c(C(=O)O)oc(=O)c2ccccc12. The number of carboxylic acid groups (broad SMARTS) is 1. The molecule has 0 saturated carbocycles. The van der Waals surface area contributed by atoms with Gasteiger partial charge in [-0.05, 0) is 17.4 Å². The topological polar surface area (TPSA) is 67.5 Å². The maximum Gasteiger partial charge on any atom is 0.372 e. The molecule has 2 rings (SSSR count). The quantitative estimate of drug-likeness (QED) is 0.864. The Balaban J connectivity index is 2.98. The number of hydrogen-bond donors (Lipinski definition) is 1. The van der Waals surface area contributed by atoms with Crippen molar-refractivity contribution in [3.8, 4) is 0 Å². The number of carbonyl (C=O) groups is 1. The maximum absolute atomic E-state index is 11.6. The van der Waals surface area contributed by atoms with E-state index in [0.717, 1.165) is 0 Å². The van der Waals surface area contributed by atoms with E-state index in [2.05, 4.69) is 0 Å². The van der Waals surface area contributed by atoms with Crippen molar-refractivity contribution in [2.75, 3.05) is 0 Å². The lowest BCUT2D eigenvalue weighted by molar-refractivity contribution is 0.0655. The summed E-state index contributed by atoms with van der Waals surface area (Å²) in [5.74, 6) is -1.50. The number of rotatable bonds is 2. The third-order valence-electron chi connectivity index (χ3n) is 2.65. The fourth-order valence-corrected chi connectivity index (χ4v) is 1.95. The summed E-state index contributed by atoms with van der Waals surface area (Å²) in [5.41, 5.74) is -0.0462. The van der Waals surface area contributed by atoms with E-state index in [9.17, 15) is 9.59 Å². The largest absolute Gasteiger partial charge is 0.475 e. The normalized spacial score (nSPS) is 11.0. The molecule has 0 amide bonds. The van der Waals surface area contributed by atoms with Gasteiger partial charge in [0.05, 0.1) is 5.39 Å². The zero-order valence-electron chi connectivity index (χ0n) is 9.56. The van der Waals surface area contributed by atoms with Crippen LogP contribution in [-0.4, -0.2) is 11.1 Å². The van der Waals surface area contributed by atoms with Gasteiger partial charge in [-0.15, -0.1) is 0 Å². The van der Waals surface area contributed by atoms with Gasteiger partial charge in [0.2, 0.25) is 5.76 Å². The lowest BCUT2D eigenvalue weighted by Gasteiger charge is -2.11. The van der Waals surface area contributed by atoms with E-state index in [0.29, 0.717) is 16.3 Å². The molecule has 88 valence electrons. The summed E-state index contributed by atoms with van der Waals surface area (Å²) in [6, 6.07) is 6.88. The van der Waals surface area contributed by atoms with Gasteiger partial charge in [0.25, 0.3) is 0 Å². The molecule has 0 aliphatic heterocycles. The molecule has 1 aromatic carbocycles. The van der Waals surface area contributed by atoms with Gasteiger partial charge in [0, 0.05) is 5.56 Å². The van der Waals surface area contributed by atoms with E-state index < -0.39 is 11.6 Å². The zero-order chi connectivity index (χ0) is 12.6. The summed E-state index contributed by atoms with van der Waals surface area (Å²) >= 11 is 0. The molecule has 1 aromatic heterocycles. The van der Waals surface area contributed by atoms with Gasteiger partial charge in [-0.25, -0.2) is 9.59 Å². The van der Waals surface area contributed by atoms with E-state index in [1.807, 2.05) is 13.8 Å². The minimum absolute atomic E-state index is 0.0321. The van der Waals surface area contributed by atoms with Crippen LogP contribution < -0.4 is 5.63 Å². The molecular formula is C13H12O4. The maximum atomic E-state index is 11.6. The third-order valence-corrected chi connectivity index (χ3v) is 2.65. The molecule has 17 heavy (non-hydrogen) atoms. The zero-order valence-corrected chi connectivity index (χ0v) is 9.56. The fraction of sp³-hybridized carbons (Fsp3) is 0.231. The van der Waals surface area contributed by atoms with Crippen molar-refractivity contribution >= 4 is 16.7 Å². The predicted octanol–water partition coefficient (Wildman–Crippen LogP) is 2.61. The van der Waals surface area contributed by atoms with Crippen molar-refractivity contribution in [1.29, 1.82) is 0 Å². The van der Waals surface area contributed by atoms with Gasteiger partial charge in [-0.2, -0.15) is 0 Å². The highest BCUT2D eigenvalue weighted by Crippen LogP contribution is 2.26. The van der Waals surface area contributed by atoms with Crippen LogP contribution in [0.5, 0.6) is 0 Å². The van der Waals surface area contributed by atoms with E-state index in [-0.39, 0.29) is 11.7 Å². The van der Waals surface area contributed by atoms with Crippen LogP contribution in [0.1, 0.15) is 35.9 Å². The van der Waals surface area contributed by atoms with Crippen LogP contribution in [0.2, 0.25) is 0 Å². The van der Waals surface area contributed by atoms with Gasteiger partial charge in [-0.3, -0.25) is 0 Å². The molecule has 0 aliphatic carbocycles. The summed E-state index contributed by atoms with van der Waals surface area (Å²) in [7, 11) is 0. The molecule has 1 heterocycles. The molecule has 1 N–H and O–H groups in total. The molecular weight excluding hydrogens is 220 g/mol. The van der Waals surface area contributed by atoms with Crippen molar-refractivity contribution in [3.05, 3.63) is 46.0 Å². The van der Waals surface area contributed by atoms with Crippen molar-refractivity contribution in [3.63, 3.8) is 0 Å². The summed E-state index contributed by atoms with van der Waals surface area (Å²) in [5, 5.41) is 10.1. The molecule has 0 bridgehead atoms. The minimum atomic E-state index is -1.21. The first kappa shape index (κ1) is 11.4. The Hall–Kier alpha value is -2.10. The molecule has 0 spiro atoms. The number of benzene rings is 1. The van der Waals surface area contributed by atoms with E-state index in [4.69, 9.17) is 9.52 Å². The van der Waals surface area contributed by atoms with Gasteiger partial charge < -0.3 is 9.52 Å². The van der Waals surface area contributed by atoms with Crippen molar-refractivity contribution in [2.24, 2.45) is 0 Å². The first-order chi connectivity index (χ1) is 8.02. The Kier molecular flexibility index (Phi) is 2.71. The number of hydrogen-bond acceptors (Lipinski definition) is 3. The van der Waals surface area contributed by atoms with Crippen LogP contribution in [0, 0.1) is 0 Å². The molecule has 0 atom stereocenters. The smallest absolute Gasteiger partial charge is 0.372 e. The highest BCUT2D eigenvalue weighted by Gasteiger charge is 2.20. The Labute approximate surface area is 97.5 Å². The van der Waals surface area contributed by atoms with Crippen molar-refractivity contribution < 1.29 is 14.3 Å². The molecule has 0 fully saturated rings. The Morgan fingerprint density at radius 2 is 1.82 bits per heavy atom. The van der Waals surface area contributed by atoms with Gasteiger partial charge in [0.15, 0.2) is 0 Å². The van der Waals surface area contributed by atoms with Crippen molar-refractivity contribution in [1.82, 2.24) is 0 Å². The minimum Gasteiger partial charge on any atom is -0.475 e. The van der Waals surface area contributed by atoms with Crippen LogP contribution in [-0.2, 0) is 0 Å². The third kappa shape index (κ3) is 1.82. The first-order valence-corrected chi connectivity index (χ1v) is 5.31. The highest BCUT2D eigenvalue weighted by atomic mass is 16.4. The molecule has 0 unspecified atom stereocenters. The van der Waals surface area contributed by atoms with Crippen LogP contribution in [0.3, 0.4) is 0 Å². The van der Waals surface area contributed by atoms with E-state index in [1.54, 1.807) is 24.3 Å². The standard InChI is InChI=1S/C13H12O4/c1-7(2)10-8-5-3-4-6-9(8)13(16)17-11(10)12(14)15/h3-7H,1-2H3,(H,14,15). The summed E-state index contributed by atoms with van der Waals surface area (Å²) < 4.78 is 4.89. The van der Waals surface area contributed by atoms with Crippen molar-refractivity contribution in [2.45, 2.75) is 19.8 Å². The molecule has 0 aliphatic rings. The average Bonchev–Trinajstić information content (AvgIpc) is 2.28. The van der Waals surface area contributed by atoms with Gasteiger partial charge >= 0.3 is 11.6 Å². The van der Waals surface area contributed by atoms with Crippen LogP contribution >= 0.6 is 0 Å². The number of fused-ring (bicyclic) bond motifs is 1.